The van der Waals surface area contributed by atoms with Crippen molar-refractivity contribution in [1.82, 2.24) is 20.0 Å². The van der Waals surface area contributed by atoms with Gasteiger partial charge in [0.05, 0.1) is 17.4 Å². The lowest BCUT2D eigenvalue weighted by molar-refractivity contribution is -0.119. The summed E-state index contributed by atoms with van der Waals surface area (Å²) in [5, 5.41) is 16.8. The third kappa shape index (κ3) is 2.44. The number of amides is 2. The van der Waals surface area contributed by atoms with Gasteiger partial charge in [-0.3, -0.25) is 9.69 Å². The summed E-state index contributed by atoms with van der Waals surface area (Å²) in [5.74, 6) is 0.0749. The first-order valence-corrected chi connectivity index (χ1v) is 9.30. The maximum absolute atomic E-state index is 12.3. The van der Waals surface area contributed by atoms with Crippen molar-refractivity contribution in [3.63, 3.8) is 0 Å². The number of carbonyl (C=O) groups excluding carboxylic acids is 1. The first-order valence-electron chi connectivity index (χ1n) is 9.30. The molecule has 0 spiro atoms. The average Bonchev–Trinajstić information content (AvgIpc) is 3.49. The smallest absolute Gasteiger partial charge is 0.407 e. The Morgan fingerprint density at radius 2 is 2.04 bits per heavy atom. The molecular weight excluding hydrogens is 360 g/mol. The van der Waals surface area contributed by atoms with E-state index in [0.717, 1.165) is 11.4 Å². The molecule has 5 rings (SSSR count). The van der Waals surface area contributed by atoms with Crippen molar-refractivity contribution in [2.24, 2.45) is 0 Å². The maximum atomic E-state index is 12.3. The monoisotopic (exact) mass is 378 g/mol. The molecular formula is C19H18N6O3. The predicted octanol–water partition coefficient (Wildman–Crippen LogP) is 1.48. The summed E-state index contributed by atoms with van der Waals surface area (Å²) in [6.45, 7) is 0.413. The highest BCUT2D eigenvalue weighted by atomic mass is 16.4. The summed E-state index contributed by atoms with van der Waals surface area (Å²) in [5.41, 5.74) is 13.1. The zero-order valence-corrected chi connectivity index (χ0v) is 15.0. The Balaban J connectivity index is 1.67. The Kier molecular flexibility index (Phi) is 3.60. The van der Waals surface area contributed by atoms with Gasteiger partial charge in [0.1, 0.15) is 0 Å². The molecule has 1 aliphatic carbocycles. The second-order valence-corrected chi connectivity index (χ2v) is 7.39. The summed E-state index contributed by atoms with van der Waals surface area (Å²) in [6.07, 6.45) is 1.85. The van der Waals surface area contributed by atoms with E-state index in [1.54, 1.807) is 4.68 Å². The first kappa shape index (κ1) is 16.7. The van der Waals surface area contributed by atoms with Crippen LogP contribution in [0.1, 0.15) is 47.3 Å². The molecule has 1 aromatic carbocycles. The first-order chi connectivity index (χ1) is 13.6. The van der Waals surface area contributed by atoms with Crippen LogP contribution in [0.5, 0.6) is 0 Å². The van der Waals surface area contributed by atoms with Gasteiger partial charge in [0, 0.05) is 25.1 Å². The molecule has 2 aromatic rings. The quantitative estimate of drug-likeness (QED) is 0.606. The van der Waals surface area contributed by atoms with Gasteiger partial charge < -0.3 is 16.0 Å². The van der Waals surface area contributed by atoms with Crippen LogP contribution in [0.3, 0.4) is 0 Å². The lowest BCUT2D eigenvalue weighted by Gasteiger charge is -2.33. The molecule has 28 heavy (non-hydrogen) atoms. The Labute approximate surface area is 160 Å². The van der Waals surface area contributed by atoms with Crippen LogP contribution in [-0.4, -0.2) is 55.4 Å². The third-order valence-electron chi connectivity index (χ3n) is 5.75. The molecule has 1 saturated carbocycles. The summed E-state index contributed by atoms with van der Waals surface area (Å²) in [7, 11) is 0. The fourth-order valence-electron chi connectivity index (χ4n) is 4.20. The number of benzene rings is 1. The molecule has 9 nitrogen and oxygen atoms in total. The zero-order chi connectivity index (χ0) is 19.4. The van der Waals surface area contributed by atoms with Crippen LogP contribution in [0.15, 0.2) is 24.3 Å². The summed E-state index contributed by atoms with van der Waals surface area (Å²) >= 11 is 0. The molecule has 1 unspecified atom stereocenters. The third-order valence-corrected chi connectivity index (χ3v) is 5.75. The number of hydrogen-bond acceptors (Lipinski definition) is 3. The summed E-state index contributed by atoms with van der Waals surface area (Å²) in [4.78, 5) is 28.5. The lowest BCUT2D eigenvalue weighted by Crippen LogP contribution is -2.44. The number of hydrogen-bond donors (Lipinski definition) is 2. The van der Waals surface area contributed by atoms with E-state index in [2.05, 4.69) is 27.3 Å². The van der Waals surface area contributed by atoms with Crippen molar-refractivity contribution >= 4 is 17.7 Å². The Morgan fingerprint density at radius 3 is 2.68 bits per heavy atom. The number of carboxylic acid groups (broad SMARTS) is 1. The standard InChI is InChI=1S/C19H18N6O3/c20-22-17-16-15-13(7-8-24(19(27)28)14(15)9-21-18(17)26)25(23-16)12-5-3-11(4-6-12)10-1-2-10/h3-6,10,14H,1-2,7-9H2,(H,21,26)(H,27,28). The summed E-state index contributed by atoms with van der Waals surface area (Å²) < 4.78 is 1.75. The van der Waals surface area contributed by atoms with E-state index in [9.17, 15) is 20.2 Å². The van der Waals surface area contributed by atoms with Gasteiger partial charge in [-0.05, 0) is 36.5 Å². The van der Waals surface area contributed by atoms with Crippen molar-refractivity contribution in [2.75, 3.05) is 13.1 Å². The van der Waals surface area contributed by atoms with E-state index in [0.29, 0.717) is 24.4 Å². The van der Waals surface area contributed by atoms with Crippen LogP contribution in [0, 0.1) is 0 Å². The highest BCUT2D eigenvalue weighted by Crippen LogP contribution is 2.40. The van der Waals surface area contributed by atoms with Crippen LogP contribution in [0.25, 0.3) is 11.2 Å². The highest BCUT2D eigenvalue weighted by molar-refractivity contribution is 6.43. The molecule has 1 atom stereocenters. The van der Waals surface area contributed by atoms with Crippen molar-refractivity contribution < 1.29 is 19.5 Å². The van der Waals surface area contributed by atoms with Crippen molar-refractivity contribution in [1.29, 1.82) is 0 Å². The molecule has 2 N–H and O–H groups in total. The molecule has 0 radical (unpaired) electrons. The number of aromatic nitrogens is 2. The molecule has 2 amide bonds. The minimum atomic E-state index is -1.05. The predicted molar refractivity (Wildman–Crippen MR) is 97.5 cm³/mol. The molecule has 3 heterocycles. The van der Waals surface area contributed by atoms with E-state index < -0.39 is 18.0 Å². The highest BCUT2D eigenvalue weighted by Gasteiger charge is 2.44. The van der Waals surface area contributed by atoms with E-state index >= 15 is 0 Å². The molecule has 1 aromatic heterocycles. The van der Waals surface area contributed by atoms with Gasteiger partial charge in [-0.2, -0.15) is 9.89 Å². The number of nitrogens with zero attached hydrogens (tertiary/aromatic N) is 5. The van der Waals surface area contributed by atoms with Gasteiger partial charge in [-0.15, -0.1) is 0 Å². The minimum absolute atomic E-state index is 0.108. The minimum Gasteiger partial charge on any atom is -0.465 e. The van der Waals surface area contributed by atoms with E-state index in [4.69, 9.17) is 0 Å². The van der Waals surface area contributed by atoms with Crippen LogP contribution < -0.4 is 5.32 Å². The molecule has 9 heteroatoms. The van der Waals surface area contributed by atoms with Gasteiger partial charge in [-0.1, -0.05) is 12.1 Å². The normalized spacial score (nSPS) is 20.9. The molecule has 2 aliphatic heterocycles. The molecule has 142 valence electrons. The maximum Gasteiger partial charge on any atom is 0.407 e. The van der Waals surface area contributed by atoms with Gasteiger partial charge in [0.15, 0.2) is 5.69 Å². The SMILES string of the molecule is [N-]=[N+]=C1C(=O)NCC2c3c1nn(-c1ccc(C4CC4)cc1)c3CCN2C(=O)O. The van der Waals surface area contributed by atoms with Crippen LogP contribution in [0.4, 0.5) is 4.79 Å². The topological polar surface area (TPSA) is 124 Å². The summed E-state index contributed by atoms with van der Waals surface area (Å²) in [6, 6.07) is 7.59. The van der Waals surface area contributed by atoms with Crippen LogP contribution >= 0.6 is 0 Å². The van der Waals surface area contributed by atoms with E-state index in [1.165, 1.54) is 23.3 Å². The van der Waals surface area contributed by atoms with E-state index in [1.807, 2.05) is 12.1 Å². The molecule has 1 fully saturated rings. The molecule has 0 saturated heterocycles. The van der Waals surface area contributed by atoms with Crippen LogP contribution in [-0.2, 0) is 11.2 Å². The van der Waals surface area contributed by atoms with Gasteiger partial charge in [0.2, 0.25) is 0 Å². The second-order valence-electron chi connectivity index (χ2n) is 7.39. The fourth-order valence-corrected chi connectivity index (χ4v) is 4.20. The van der Waals surface area contributed by atoms with E-state index in [-0.39, 0.29) is 18.0 Å². The number of rotatable bonds is 2. The lowest BCUT2D eigenvalue weighted by atomic mass is 9.95. The van der Waals surface area contributed by atoms with Crippen LogP contribution in [0.2, 0.25) is 0 Å². The van der Waals surface area contributed by atoms with Gasteiger partial charge in [0.25, 0.3) is 0 Å². The van der Waals surface area contributed by atoms with Crippen molar-refractivity contribution in [3.8, 4) is 5.69 Å². The largest absolute Gasteiger partial charge is 0.465 e. The number of nitrogens with one attached hydrogen (secondary N) is 1. The Hall–Kier alpha value is -3.45. The second kappa shape index (κ2) is 6.03. The Bertz CT molecular complexity index is 1050. The molecule has 3 aliphatic rings. The Morgan fingerprint density at radius 1 is 1.29 bits per heavy atom. The fraction of sp³-hybridized carbons (Fsp3) is 0.368. The number of carbonyl (C=O) groups is 2. The van der Waals surface area contributed by atoms with Crippen molar-refractivity contribution in [2.45, 2.75) is 31.2 Å². The van der Waals surface area contributed by atoms with Gasteiger partial charge >= 0.3 is 17.7 Å². The zero-order valence-electron chi connectivity index (χ0n) is 15.0. The van der Waals surface area contributed by atoms with Gasteiger partial charge in [-0.25, -0.2) is 9.48 Å². The molecule has 0 bridgehead atoms. The average molecular weight is 378 g/mol. The van der Waals surface area contributed by atoms with Crippen molar-refractivity contribution in [3.05, 3.63) is 52.3 Å².